The number of aliphatic imine (C=N–C) groups is 2. The Morgan fingerprint density at radius 1 is 0.405 bits per heavy atom. The lowest BCUT2D eigenvalue weighted by Crippen LogP contribution is -2.56. The first-order chi connectivity index (χ1) is 20.4. The van der Waals surface area contributed by atoms with E-state index >= 15 is 0 Å². The van der Waals surface area contributed by atoms with Crippen molar-refractivity contribution < 1.29 is 0 Å². The summed E-state index contributed by atoms with van der Waals surface area (Å²) in [5.41, 5.74) is 2.08. The highest BCUT2D eigenvalue weighted by molar-refractivity contribution is 6.02. The van der Waals surface area contributed by atoms with Gasteiger partial charge in [-0.05, 0) is 40.3 Å². The highest BCUT2D eigenvalue weighted by atomic mass is 15.4. The maximum absolute atomic E-state index is 5.45. The molecule has 2 aromatic carbocycles. The predicted octanol–water partition coefficient (Wildman–Crippen LogP) is 1.80. The molecule has 6 rings (SSSR count). The van der Waals surface area contributed by atoms with Gasteiger partial charge in [-0.15, -0.1) is 0 Å². The van der Waals surface area contributed by atoms with Crippen LogP contribution in [0.4, 0.5) is 11.4 Å². The Kier molecular flexibility index (Phi) is 9.14. The lowest BCUT2D eigenvalue weighted by atomic mass is 10.1. The molecule has 4 aliphatic rings. The number of hydrogen-bond acceptors (Lipinski definition) is 6. The lowest BCUT2D eigenvalue weighted by Gasteiger charge is -2.42. The first kappa shape index (κ1) is 29.2. The van der Waals surface area contributed by atoms with Gasteiger partial charge in [0.05, 0.1) is 11.4 Å². The zero-order valence-electron chi connectivity index (χ0n) is 26.2. The molecule has 0 aliphatic carbocycles. The zero-order valence-corrected chi connectivity index (χ0v) is 26.2. The minimum atomic E-state index is 1.02. The van der Waals surface area contributed by atoms with Crippen molar-refractivity contribution in [3.8, 4) is 0 Å². The average molecular weight is 575 g/mol. The van der Waals surface area contributed by atoms with E-state index in [1.54, 1.807) is 0 Å². The molecule has 42 heavy (non-hydrogen) atoms. The Labute approximate surface area is 252 Å². The lowest BCUT2D eigenvalue weighted by molar-refractivity contribution is 0.168. The quantitative estimate of drug-likeness (QED) is 0.398. The largest absolute Gasteiger partial charge is 0.340 e. The number of nitrogens with zero attached hydrogens (tertiary/aromatic N) is 10. The summed E-state index contributed by atoms with van der Waals surface area (Å²) in [4.78, 5) is 30.6. The van der Waals surface area contributed by atoms with Crippen molar-refractivity contribution in [3.05, 3.63) is 36.4 Å². The summed E-state index contributed by atoms with van der Waals surface area (Å²) in [5, 5.41) is 2.35. The summed E-state index contributed by atoms with van der Waals surface area (Å²) < 4.78 is 0. The summed E-state index contributed by atoms with van der Waals surface area (Å²) in [6.45, 7) is 16.7. The van der Waals surface area contributed by atoms with Gasteiger partial charge in [0.15, 0.2) is 0 Å². The van der Waals surface area contributed by atoms with Gasteiger partial charge >= 0.3 is 0 Å². The number of hydrogen-bond donors (Lipinski definition) is 0. The third-order valence-corrected chi connectivity index (χ3v) is 9.46. The monoisotopic (exact) mass is 574 g/mol. The molecule has 2 aromatic rings. The Morgan fingerprint density at radius 2 is 0.667 bits per heavy atom. The van der Waals surface area contributed by atoms with Crippen LogP contribution in [-0.4, -0.2) is 184 Å². The second-order valence-corrected chi connectivity index (χ2v) is 12.6. The number of likely N-dealkylation sites (N-methyl/N-ethyl adjacent to an activating group) is 4. The molecule has 4 saturated heterocycles. The molecule has 0 aromatic heterocycles. The zero-order chi connectivity index (χ0) is 29.1. The second-order valence-electron chi connectivity index (χ2n) is 12.6. The highest BCUT2D eigenvalue weighted by Crippen LogP contribution is 2.34. The van der Waals surface area contributed by atoms with Crippen molar-refractivity contribution in [3.63, 3.8) is 0 Å². The van der Waals surface area contributed by atoms with E-state index in [9.17, 15) is 0 Å². The molecule has 0 atom stereocenters. The van der Waals surface area contributed by atoms with Crippen LogP contribution in [0.5, 0.6) is 0 Å². The van der Waals surface area contributed by atoms with Crippen LogP contribution in [0.25, 0.3) is 10.8 Å². The molecule has 0 saturated carbocycles. The van der Waals surface area contributed by atoms with E-state index in [4.69, 9.17) is 9.98 Å². The van der Waals surface area contributed by atoms with Crippen molar-refractivity contribution >= 4 is 34.1 Å². The molecule has 228 valence electrons. The van der Waals surface area contributed by atoms with Crippen LogP contribution < -0.4 is 0 Å². The molecule has 10 heteroatoms. The smallest absolute Gasteiger partial charge is 0.202 e. The van der Waals surface area contributed by atoms with Crippen LogP contribution in [0, 0.1) is 0 Å². The predicted molar refractivity (Wildman–Crippen MR) is 174 cm³/mol. The van der Waals surface area contributed by atoms with E-state index in [1.807, 2.05) is 0 Å². The van der Waals surface area contributed by atoms with E-state index in [2.05, 4.69) is 104 Å². The fraction of sp³-hybridized carbons (Fsp3) is 0.625. The molecule has 0 bridgehead atoms. The van der Waals surface area contributed by atoms with Gasteiger partial charge in [-0.3, -0.25) is 0 Å². The number of piperazine rings is 4. The van der Waals surface area contributed by atoms with E-state index in [0.29, 0.717) is 0 Å². The molecule has 0 N–H and O–H groups in total. The van der Waals surface area contributed by atoms with E-state index in [1.165, 1.54) is 10.8 Å². The summed E-state index contributed by atoms with van der Waals surface area (Å²) in [5.74, 6) is 2.27. The third-order valence-electron chi connectivity index (χ3n) is 9.46. The van der Waals surface area contributed by atoms with Crippen molar-refractivity contribution in [1.82, 2.24) is 39.2 Å². The van der Waals surface area contributed by atoms with Crippen molar-refractivity contribution in [2.45, 2.75) is 0 Å². The Balaban J connectivity index is 1.37. The molecule has 4 heterocycles. The molecule has 4 fully saturated rings. The van der Waals surface area contributed by atoms with Crippen LogP contribution in [-0.2, 0) is 0 Å². The molecule has 10 nitrogen and oxygen atoms in total. The van der Waals surface area contributed by atoms with Gasteiger partial charge in [-0.1, -0.05) is 24.3 Å². The van der Waals surface area contributed by atoms with Gasteiger partial charge in [0.1, 0.15) is 0 Å². The van der Waals surface area contributed by atoms with Gasteiger partial charge in [-0.25, -0.2) is 9.98 Å². The number of fused-ring (bicyclic) bond motifs is 1. The first-order valence-corrected chi connectivity index (χ1v) is 15.9. The maximum Gasteiger partial charge on any atom is 0.202 e. The van der Waals surface area contributed by atoms with Crippen LogP contribution >= 0.6 is 0 Å². The Morgan fingerprint density at radius 3 is 0.929 bits per heavy atom. The minimum absolute atomic E-state index is 1.02. The van der Waals surface area contributed by atoms with E-state index in [-0.39, 0.29) is 0 Å². The summed E-state index contributed by atoms with van der Waals surface area (Å²) in [6, 6.07) is 13.1. The van der Waals surface area contributed by atoms with Crippen LogP contribution in [0.1, 0.15) is 0 Å². The van der Waals surface area contributed by atoms with Gasteiger partial charge < -0.3 is 39.2 Å². The van der Waals surface area contributed by atoms with Crippen molar-refractivity contribution in [1.29, 1.82) is 0 Å². The maximum atomic E-state index is 5.45. The van der Waals surface area contributed by atoms with E-state index in [0.717, 1.165) is 128 Å². The second kappa shape index (κ2) is 13.2. The van der Waals surface area contributed by atoms with Gasteiger partial charge in [0.25, 0.3) is 0 Å². The fourth-order valence-electron chi connectivity index (χ4n) is 6.40. The molecule has 0 radical (unpaired) electrons. The molecular weight excluding hydrogens is 524 g/mol. The molecule has 4 aliphatic heterocycles. The molecule has 0 unspecified atom stereocenters. The minimum Gasteiger partial charge on any atom is -0.340 e. The fourth-order valence-corrected chi connectivity index (χ4v) is 6.40. The van der Waals surface area contributed by atoms with E-state index < -0.39 is 0 Å². The topological polar surface area (TPSA) is 50.6 Å². The van der Waals surface area contributed by atoms with Crippen molar-refractivity contribution in [2.75, 3.05) is 133 Å². The normalized spacial score (nSPS) is 22.1. The summed E-state index contributed by atoms with van der Waals surface area (Å²) in [7, 11) is 8.87. The number of guanidine groups is 2. The van der Waals surface area contributed by atoms with Crippen LogP contribution in [0.2, 0.25) is 0 Å². The Hall–Kier alpha value is -2.92. The first-order valence-electron chi connectivity index (χ1n) is 15.9. The van der Waals surface area contributed by atoms with Gasteiger partial charge in [-0.2, -0.15) is 0 Å². The summed E-state index contributed by atoms with van der Waals surface area (Å²) in [6.07, 6.45) is 0. The van der Waals surface area contributed by atoms with Gasteiger partial charge in [0.2, 0.25) is 11.9 Å². The Bertz CT molecular complexity index is 1100. The third kappa shape index (κ3) is 6.67. The number of benzene rings is 2. The van der Waals surface area contributed by atoms with Crippen LogP contribution in [0.3, 0.4) is 0 Å². The molecule has 0 spiro atoms. The summed E-state index contributed by atoms with van der Waals surface area (Å²) >= 11 is 0. The van der Waals surface area contributed by atoms with Crippen molar-refractivity contribution in [2.24, 2.45) is 9.98 Å². The SMILES string of the molecule is CN1CCN(C(=Nc2cccc3c(N=C(N4CCN(C)CC4)N4CCN(C)CC4)cccc23)N2CCN(C)CC2)CC1. The standard InChI is InChI=1S/C32H50N10/c1-35-11-19-39(20-12-35)31(40-21-13-36(2)14-22-40)33-29-9-5-8-28-27(29)7-6-10-30(28)34-32(41-23-15-37(3)16-24-41)42-25-17-38(4)18-26-42/h5-10H,11-26H2,1-4H3. The highest BCUT2D eigenvalue weighted by Gasteiger charge is 2.27. The number of rotatable bonds is 2. The van der Waals surface area contributed by atoms with Crippen LogP contribution in [0.15, 0.2) is 46.4 Å². The molecule has 0 amide bonds. The molecular formula is C32H50N10. The average Bonchev–Trinajstić information content (AvgIpc) is 3.01. The van der Waals surface area contributed by atoms with Gasteiger partial charge in [0, 0.05) is 115 Å².